The second-order valence-corrected chi connectivity index (χ2v) is 5.44. The number of benzene rings is 1. The number of allylic oxidation sites excluding steroid dienone is 1. The minimum Gasteiger partial charge on any atom is -0.389 e. The normalized spacial score (nSPS) is 10.5. The van der Waals surface area contributed by atoms with E-state index in [1.807, 2.05) is 0 Å². The molecule has 0 radical (unpaired) electrons. The Balaban J connectivity index is 2.37. The van der Waals surface area contributed by atoms with Gasteiger partial charge in [0.15, 0.2) is 0 Å². The molecular weight excluding hydrogens is 220 g/mol. The second kappa shape index (κ2) is 7.10. The summed E-state index contributed by atoms with van der Waals surface area (Å²) in [6.07, 6.45) is 2.06. The third-order valence-corrected chi connectivity index (χ3v) is 2.93. The molecule has 100 valence electrons. The molecule has 0 aliphatic carbocycles. The molecule has 0 atom stereocenters. The van der Waals surface area contributed by atoms with Crippen molar-refractivity contribution in [1.82, 2.24) is 5.32 Å². The molecule has 0 bridgehead atoms. The van der Waals surface area contributed by atoms with Crippen molar-refractivity contribution < 1.29 is 0 Å². The Morgan fingerprint density at radius 3 is 2.33 bits per heavy atom. The molecule has 1 aromatic carbocycles. The van der Waals surface area contributed by atoms with Crippen LogP contribution < -0.4 is 10.2 Å². The highest BCUT2D eigenvalue weighted by atomic mass is 15.1. The Kier molecular flexibility index (Phi) is 5.76. The van der Waals surface area contributed by atoms with E-state index in [0.29, 0.717) is 5.92 Å². The number of nitrogens with one attached hydrogen (secondary N) is 1. The Morgan fingerprint density at radius 1 is 1.22 bits per heavy atom. The third-order valence-electron chi connectivity index (χ3n) is 2.93. The van der Waals surface area contributed by atoms with Gasteiger partial charge in [0.2, 0.25) is 0 Å². The summed E-state index contributed by atoms with van der Waals surface area (Å²) < 4.78 is 0. The molecule has 1 aromatic rings. The Morgan fingerprint density at radius 2 is 1.83 bits per heavy atom. The van der Waals surface area contributed by atoms with Gasteiger partial charge in [-0.15, -0.1) is 0 Å². The molecule has 0 saturated heterocycles. The van der Waals surface area contributed by atoms with Crippen molar-refractivity contribution in [2.45, 2.75) is 26.7 Å². The molecule has 0 saturated carbocycles. The summed E-state index contributed by atoms with van der Waals surface area (Å²) in [6, 6.07) is 8.73. The van der Waals surface area contributed by atoms with Gasteiger partial charge < -0.3 is 10.2 Å². The number of aryl methyl sites for hydroxylation is 1. The van der Waals surface area contributed by atoms with Crippen LogP contribution in [0.15, 0.2) is 36.5 Å². The highest BCUT2D eigenvalue weighted by molar-refractivity contribution is 5.46. The van der Waals surface area contributed by atoms with E-state index in [0.717, 1.165) is 25.1 Å². The molecule has 0 fully saturated rings. The first kappa shape index (κ1) is 14.6. The van der Waals surface area contributed by atoms with Crippen LogP contribution in [0.3, 0.4) is 0 Å². The van der Waals surface area contributed by atoms with Gasteiger partial charge in [0.05, 0.1) is 0 Å². The number of anilines is 1. The Labute approximate surface area is 112 Å². The number of rotatable bonds is 7. The maximum absolute atomic E-state index is 4.07. The summed E-state index contributed by atoms with van der Waals surface area (Å²) in [5.41, 5.74) is 3.75. The fourth-order valence-electron chi connectivity index (χ4n) is 1.69. The molecule has 18 heavy (non-hydrogen) atoms. The lowest BCUT2D eigenvalue weighted by molar-refractivity contribution is 0.585. The van der Waals surface area contributed by atoms with Gasteiger partial charge in [-0.3, -0.25) is 0 Å². The quantitative estimate of drug-likeness (QED) is 0.793. The fourth-order valence-corrected chi connectivity index (χ4v) is 1.69. The summed E-state index contributed by atoms with van der Waals surface area (Å²) >= 11 is 0. The van der Waals surface area contributed by atoms with Gasteiger partial charge in [0.25, 0.3) is 0 Å². The van der Waals surface area contributed by atoms with Crippen LogP contribution in [-0.2, 0) is 6.42 Å². The van der Waals surface area contributed by atoms with Crippen molar-refractivity contribution in [2.75, 3.05) is 25.5 Å². The lowest BCUT2D eigenvalue weighted by Crippen LogP contribution is -2.18. The van der Waals surface area contributed by atoms with Gasteiger partial charge in [-0.2, -0.15) is 0 Å². The molecule has 2 heteroatoms. The first-order chi connectivity index (χ1) is 8.49. The first-order valence-electron chi connectivity index (χ1n) is 6.67. The van der Waals surface area contributed by atoms with Gasteiger partial charge in [-0.1, -0.05) is 32.6 Å². The Bertz CT molecular complexity index is 363. The highest BCUT2D eigenvalue weighted by Gasteiger charge is 1.99. The summed E-state index contributed by atoms with van der Waals surface area (Å²) in [7, 11) is 4.12. The molecule has 0 amide bonds. The van der Waals surface area contributed by atoms with Crippen molar-refractivity contribution >= 4 is 5.69 Å². The minimum atomic E-state index is 0.668. The van der Waals surface area contributed by atoms with Crippen molar-refractivity contribution in [2.24, 2.45) is 5.92 Å². The topological polar surface area (TPSA) is 15.3 Å². The number of hydrogen-bond donors (Lipinski definition) is 1. The van der Waals surface area contributed by atoms with Crippen molar-refractivity contribution in [3.05, 3.63) is 42.1 Å². The van der Waals surface area contributed by atoms with E-state index in [9.17, 15) is 0 Å². The van der Waals surface area contributed by atoms with E-state index < -0.39 is 0 Å². The van der Waals surface area contributed by atoms with Crippen molar-refractivity contribution in [1.29, 1.82) is 0 Å². The van der Waals surface area contributed by atoms with E-state index in [4.69, 9.17) is 0 Å². The smallest absolute Gasteiger partial charge is 0.0361 e. The zero-order valence-electron chi connectivity index (χ0n) is 12.2. The predicted octanol–water partition coefficient (Wildman–Crippen LogP) is 3.44. The Hall–Kier alpha value is -1.44. The molecule has 2 nitrogen and oxygen atoms in total. The monoisotopic (exact) mass is 246 g/mol. The van der Waals surface area contributed by atoms with E-state index in [1.54, 1.807) is 0 Å². The minimum absolute atomic E-state index is 0.668. The van der Waals surface area contributed by atoms with Crippen LogP contribution in [0.5, 0.6) is 0 Å². The number of hydrogen-bond acceptors (Lipinski definition) is 2. The lowest BCUT2D eigenvalue weighted by Gasteiger charge is -2.14. The maximum Gasteiger partial charge on any atom is 0.0361 e. The van der Waals surface area contributed by atoms with Gasteiger partial charge in [0.1, 0.15) is 0 Å². The molecule has 0 aliphatic rings. The summed E-state index contributed by atoms with van der Waals surface area (Å²) in [5, 5.41) is 3.38. The molecule has 0 aromatic heterocycles. The average molecular weight is 246 g/mol. The van der Waals surface area contributed by atoms with Crippen LogP contribution in [-0.4, -0.2) is 20.6 Å². The third kappa shape index (κ3) is 5.26. The zero-order valence-corrected chi connectivity index (χ0v) is 12.2. The molecule has 0 unspecified atom stereocenters. The zero-order chi connectivity index (χ0) is 13.5. The van der Waals surface area contributed by atoms with Crippen LogP contribution in [0.2, 0.25) is 0 Å². The van der Waals surface area contributed by atoms with Gasteiger partial charge in [-0.05, 0) is 36.5 Å². The van der Waals surface area contributed by atoms with Gasteiger partial charge in [-0.25, -0.2) is 0 Å². The standard InChI is InChI=1S/C16H26N2/c1-13(2)12-17-14(3)6-7-15-8-10-16(11-9-15)18(4)5/h8-11,13,17H,3,6-7,12H2,1-2,4-5H3. The van der Waals surface area contributed by atoms with Crippen LogP contribution in [0.25, 0.3) is 0 Å². The largest absolute Gasteiger partial charge is 0.389 e. The average Bonchev–Trinajstić information content (AvgIpc) is 2.34. The van der Waals surface area contributed by atoms with Crippen LogP contribution >= 0.6 is 0 Å². The summed E-state index contributed by atoms with van der Waals surface area (Å²) in [5.74, 6) is 0.668. The summed E-state index contributed by atoms with van der Waals surface area (Å²) in [6.45, 7) is 9.50. The summed E-state index contributed by atoms with van der Waals surface area (Å²) in [4.78, 5) is 2.12. The highest BCUT2D eigenvalue weighted by Crippen LogP contribution is 2.14. The molecule has 1 N–H and O–H groups in total. The molecule has 0 heterocycles. The number of nitrogens with zero attached hydrogens (tertiary/aromatic N) is 1. The van der Waals surface area contributed by atoms with E-state index in [2.05, 4.69) is 69.0 Å². The molecule has 0 spiro atoms. The molecule has 0 aliphatic heterocycles. The second-order valence-electron chi connectivity index (χ2n) is 5.44. The molecular formula is C16H26N2. The van der Waals surface area contributed by atoms with Crippen molar-refractivity contribution in [3.63, 3.8) is 0 Å². The van der Waals surface area contributed by atoms with Crippen LogP contribution in [0, 0.1) is 5.92 Å². The van der Waals surface area contributed by atoms with Crippen LogP contribution in [0.4, 0.5) is 5.69 Å². The van der Waals surface area contributed by atoms with E-state index in [1.165, 1.54) is 11.3 Å². The van der Waals surface area contributed by atoms with E-state index in [-0.39, 0.29) is 0 Å². The van der Waals surface area contributed by atoms with Crippen molar-refractivity contribution in [3.8, 4) is 0 Å². The van der Waals surface area contributed by atoms with Gasteiger partial charge in [0, 0.05) is 32.0 Å². The lowest BCUT2D eigenvalue weighted by atomic mass is 10.1. The maximum atomic E-state index is 4.07. The SMILES string of the molecule is C=C(CCc1ccc(N(C)C)cc1)NCC(C)C. The fraction of sp³-hybridized carbons (Fsp3) is 0.500. The van der Waals surface area contributed by atoms with E-state index >= 15 is 0 Å². The predicted molar refractivity (Wildman–Crippen MR) is 81.1 cm³/mol. The van der Waals surface area contributed by atoms with Gasteiger partial charge >= 0.3 is 0 Å². The molecule has 1 rings (SSSR count). The first-order valence-corrected chi connectivity index (χ1v) is 6.67. The van der Waals surface area contributed by atoms with Crippen LogP contribution in [0.1, 0.15) is 25.8 Å².